The highest BCUT2D eigenvalue weighted by Crippen LogP contribution is 2.19. The van der Waals surface area contributed by atoms with Gasteiger partial charge in [-0.3, -0.25) is 0 Å². The molecule has 0 aromatic carbocycles. The van der Waals surface area contributed by atoms with E-state index >= 15 is 0 Å². The first-order chi connectivity index (χ1) is 7.01. The highest BCUT2D eigenvalue weighted by Gasteiger charge is 2.08. The lowest BCUT2D eigenvalue weighted by Crippen LogP contribution is -2.37. The van der Waals surface area contributed by atoms with Crippen molar-refractivity contribution in [3.05, 3.63) is 5.82 Å². The van der Waals surface area contributed by atoms with Gasteiger partial charge in [-0.25, -0.2) is 4.98 Å². The number of hydrogen-bond acceptors (Lipinski definition) is 5. The van der Waals surface area contributed by atoms with Crippen molar-refractivity contribution in [2.24, 2.45) is 0 Å². The monoisotopic (exact) mass is 245 g/mol. The Bertz CT molecular complexity index is 291. The van der Waals surface area contributed by atoms with Crippen LogP contribution >= 0.6 is 23.3 Å². The van der Waals surface area contributed by atoms with Gasteiger partial charge in [0.1, 0.15) is 5.82 Å². The van der Waals surface area contributed by atoms with E-state index in [0.29, 0.717) is 0 Å². The lowest BCUT2D eigenvalue weighted by Gasteiger charge is -2.19. The summed E-state index contributed by atoms with van der Waals surface area (Å²) in [4.78, 5) is 4.41. The number of aryl methyl sites for hydroxylation is 1. The molecule has 0 atom stereocenters. The number of aromatic nitrogens is 2. The summed E-state index contributed by atoms with van der Waals surface area (Å²) in [5.41, 5.74) is 0.205. The molecule has 0 fully saturated rings. The molecule has 15 heavy (non-hydrogen) atoms. The molecule has 0 aliphatic carbocycles. The molecule has 1 rings (SSSR count). The number of nitrogens with one attached hydrogen (secondary N) is 1. The van der Waals surface area contributed by atoms with Gasteiger partial charge in [0.05, 0.1) is 0 Å². The fraction of sp³-hybridized carbons (Fsp3) is 0.800. The maximum atomic E-state index is 4.41. The molecule has 1 heterocycles. The molecule has 0 aliphatic rings. The standard InChI is InChI=1S/C10H19N3S2/c1-5-8-12-9(15-13-8)14-7-6-11-10(2,3)4/h11H,5-7H2,1-4H3. The first kappa shape index (κ1) is 12.9. The van der Waals surface area contributed by atoms with Gasteiger partial charge in [-0.15, -0.1) is 0 Å². The van der Waals surface area contributed by atoms with Crippen molar-refractivity contribution in [3.63, 3.8) is 0 Å². The largest absolute Gasteiger partial charge is 0.311 e. The van der Waals surface area contributed by atoms with Crippen LogP contribution in [0.1, 0.15) is 33.5 Å². The Labute approximate surface area is 100 Å². The van der Waals surface area contributed by atoms with Gasteiger partial charge in [-0.2, -0.15) is 4.37 Å². The minimum absolute atomic E-state index is 0.205. The highest BCUT2D eigenvalue weighted by molar-refractivity contribution is 8.00. The smallest absolute Gasteiger partial charge is 0.170 e. The molecule has 1 N–H and O–H groups in total. The Morgan fingerprint density at radius 3 is 2.67 bits per heavy atom. The number of nitrogens with zero attached hydrogens (tertiary/aromatic N) is 2. The Morgan fingerprint density at radius 1 is 1.40 bits per heavy atom. The summed E-state index contributed by atoms with van der Waals surface area (Å²) in [6, 6.07) is 0. The average Bonchev–Trinajstić information content (AvgIpc) is 2.59. The van der Waals surface area contributed by atoms with Crippen LogP contribution in [0, 0.1) is 0 Å². The molecule has 0 spiro atoms. The molecule has 1 aromatic heterocycles. The van der Waals surface area contributed by atoms with Crippen LogP contribution in [0.25, 0.3) is 0 Å². The molecule has 0 aliphatic heterocycles. The van der Waals surface area contributed by atoms with E-state index in [2.05, 4.69) is 42.4 Å². The second kappa shape index (κ2) is 5.82. The fourth-order valence-electron chi connectivity index (χ4n) is 1.00. The van der Waals surface area contributed by atoms with Crippen molar-refractivity contribution in [3.8, 4) is 0 Å². The molecule has 0 saturated carbocycles. The van der Waals surface area contributed by atoms with Crippen molar-refractivity contribution >= 4 is 23.3 Å². The van der Waals surface area contributed by atoms with Crippen LogP contribution < -0.4 is 5.32 Å². The average molecular weight is 245 g/mol. The quantitative estimate of drug-likeness (QED) is 0.639. The van der Waals surface area contributed by atoms with Gasteiger partial charge in [0.25, 0.3) is 0 Å². The van der Waals surface area contributed by atoms with E-state index in [1.807, 2.05) is 0 Å². The first-order valence-corrected chi connectivity index (χ1v) is 6.97. The van der Waals surface area contributed by atoms with Crippen molar-refractivity contribution in [2.45, 2.75) is 44.0 Å². The zero-order valence-electron chi connectivity index (χ0n) is 9.83. The van der Waals surface area contributed by atoms with Crippen LogP contribution in [-0.2, 0) is 6.42 Å². The van der Waals surface area contributed by atoms with Crippen LogP contribution in [0.5, 0.6) is 0 Å². The van der Waals surface area contributed by atoms with Gasteiger partial charge in [0.15, 0.2) is 4.34 Å². The first-order valence-electron chi connectivity index (χ1n) is 5.21. The Kier molecular flexibility index (Phi) is 5.02. The van der Waals surface area contributed by atoms with Crippen LogP contribution in [0.15, 0.2) is 4.34 Å². The van der Waals surface area contributed by atoms with E-state index in [-0.39, 0.29) is 5.54 Å². The topological polar surface area (TPSA) is 37.8 Å². The molecular weight excluding hydrogens is 226 g/mol. The highest BCUT2D eigenvalue weighted by atomic mass is 32.2. The van der Waals surface area contributed by atoms with Gasteiger partial charge in [0, 0.05) is 24.3 Å². The van der Waals surface area contributed by atoms with Gasteiger partial charge >= 0.3 is 0 Å². The summed E-state index contributed by atoms with van der Waals surface area (Å²) >= 11 is 3.29. The molecule has 0 saturated heterocycles. The van der Waals surface area contributed by atoms with Crippen molar-refractivity contribution in [1.29, 1.82) is 0 Å². The van der Waals surface area contributed by atoms with Crippen molar-refractivity contribution < 1.29 is 0 Å². The predicted molar refractivity (Wildman–Crippen MR) is 67.8 cm³/mol. The zero-order chi connectivity index (χ0) is 11.3. The minimum atomic E-state index is 0.205. The lowest BCUT2D eigenvalue weighted by atomic mass is 10.1. The lowest BCUT2D eigenvalue weighted by molar-refractivity contribution is 0.441. The second-order valence-electron chi connectivity index (χ2n) is 4.36. The van der Waals surface area contributed by atoms with E-state index in [9.17, 15) is 0 Å². The third-order valence-corrected chi connectivity index (χ3v) is 3.62. The van der Waals surface area contributed by atoms with E-state index in [1.54, 1.807) is 11.8 Å². The third kappa shape index (κ3) is 5.49. The minimum Gasteiger partial charge on any atom is -0.311 e. The molecule has 0 bridgehead atoms. The Morgan fingerprint density at radius 2 is 2.13 bits per heavy atom. The summed E-state index contributed by atoms with van der Waals surface area (Å²) in [7, 11) is 0. The Hall–Kier alpha value is -0.130. The van der Waals surface area contributed by atoms with E-state index < -0.39 is 0 Å². The maximum absolute atomic E-state index is 4.41. The van der Waals surface area contributed by atoms with Gasteiger partial charge in [-0.1, -0.05) is 18.7 Å². The predicted octanol–water partition coefficient (Wildman–Crippen LogP) is 2.58. The summed E-state index contributed by atoms with van der Waals surface area (Å²) < 4.78 is 5.34. The molecular formula is C10H19N3S2. The normalized spacial score (nSPS) is 12.0. The van der Waals surface area contributed by atoms with E-state index in [1.165, 1.54) is 11.5 Å². The summed E-state index contributed by atoms with van der Waals surface area (Å²) in [6.07, 6.45) is 0.928. The second-order valence-corrected chi connectivity index (χ2v) is 6.45. The molecule has 3 nitrogen and oxygen atoms in total. The molecule has 0 unspecified atom stereocenters. The van der Waals surface area contributed by atoms with Crippen LogP contribution in [0.3, 0.4) is 0 Å². The van der Waals surface area contributed by atoms with Gasteiger partial charge in [-0.05, 0) is 32.3 Å². The number of rotatable bonds is 5. The molecule has 1 aromatic rings. The van der Waals surface area contributed by atoms with Crippen LogP contribution in [0.2, 0.25) is 0 Å². The fourth-order valence-corrected chi connectivity index (χ4v) is 2.63. The number of hydrogen-bond donors (Lipinski definition) is 1. The van der Waals surface area contributed by atoms with E-state index in [0.717, 1.165) is 28.9 Å². The molecule has 0 amide bonds. The molecule has 5 heteroatoms. The summed E-state index contributed by atoms with van der Waals surface area (Å²) in [5, 5.41) is 3.45. The van der Waals surface area contributed by atoms with Crippen LogP contribution in [-0.4, -0.2) is 27.2 Å². The summed E-state index contributed by atoms with van der Waals surface area (Å²) in [5.74, 6) is 2.02. The van der Waals surface area contributed by atoms with Gasteiger partial charge < -0.3 is 5.32 Å². The van der Waals surface area contributed by atoms with Crippen LogP contribution in [0.4, 0.5) is 0 Å². The number of thioether (sulfide) groups is 1. The maximum Gasteiger partial charge on any atom is 0.170 e. The third-order valence-electron chi connectivity index (χ3n) is 1.75. The van der Waals surface area contributed by atoms with Crippen molar-refractivity contribution in [2.75, 3.05) is 12.3 Å². The molecule has 86 valence electrons. The van der Waals surface area contributed by atoms with E-state index in [4.69, 9.17) is 0 Å². The summed E-state index contributed by atoms with van der Waals surface area (Å²) in [6.45, 7) is 9.63. The zero-order valence-corrected chi connectivity index (χ0v) is 11.5. The Balaban J connectivity index is 2.20. The van der Waals surface area contributed by atoms with Crippen molar-refractivity contribution in [1.82, 2.24) is 14.7 Å². The SMILES string of the molecule is CCc1nsc(SCCNC(C)(C)C)n1. The molecule has 0 radical (unpaired) electrons. The van der Waals surface area contributed by atoms with Gasteiger partial charge in [0.2, 0.25) is 0 Å².